The van der Waals surface area contributed by atoms with Crippen molar-refractivity contribution in [1.29, 1.82) is 0 Å². The van der Waals surface area contributed by atoms with Crippen LogP contribution in [0.25, 0.3) is 0 Å². The highest BCUT2D eigenvalue weighted by molar-refractivity contribution is 5.76. The van der Waals surface area contributed by atoms with Gasteiger partial charge in [-0.25, -0.2) is 0 Å². The van der Waals surface area contributed by atoms with Crippen molar-refractivity contribution in [3.63, 3.8) is 0 Å². The van der Waals surface area contributed by atoms with Gasteiger partial charge in [0.1, 0.15) is 0 Å². The highest BCUT2D eigenvalue weighted by Gasteiger charge is 2.28. The van der Waals surface area contributed by atoms with Gasteiger partial charge in [0.25, 0.3) is 0 Å². The maximum absolute atomic E-state index is 12.5. The molecule has 1 heterocycles. The number of nitrogens with one attached hydrogen (secondary N) is 1. The van der Waals surface area contributed by atoms with E-state index < -0.39 is 0 Å². The van der Waals surface area contributed by atoms with Gasteiger partial charge in [0.15, 0.2) is 0 Å². The summed E-state index contributed by atoms with van der Waals surface area (Å²) in [6.45, 7) is 2.93. The Morgan fingerprint density at radius 3 is 2.86 bits per heavy atom. The summed E-state index contributed by atoms with van der Waals surface area (Å²) in [4.78, 5) is 14.6. The number of carbonyl (C=O) groups is 1. The van der Waals surface area contributed by atoms with Crippen LogP contribution in [0.3, 0.4) is 0 Å². The van der Waals surface area contributed by atoms with E-state index in [2.05, 4.69) is 34.5 Å². The Hall–Kier alpha value is -1.35. The molecule has 1 aliphatic heterocycles. The average molecular weight is 286 g/mol. The summed E-state index contributed by atoms with van der Waals surface area (Å²) in [6.07, 6.45) is 5.27. The van der Waals surface area contributed by atoms with E-state index >= 15 is 0 Å². The first-order valence-corrected chi connectivity index (χ1v) is 8.25. The van der Waals surface area contributed by atoms with Crippen LogP contribution >= 0.6 is 0 Å². The molecule has 0 spiro atoms. The standard InChI is InChI=1S/C18H26N2O/c1-19-12-15-8-9-20(13-15)18(21)11-14-6-7-16-4-2-3-5-17(16)10-14/h2-5,14-15,19H,6-13H2,1H3. The fourth-order valence-electron chi connectivity index (χ4n) is 3.84. The minimum atomic E-state index is 0.373. The number of hydrogen-bond acceptors (Lipinski definition) is 2. The van der Waals surface area contributed by atoms with Crippen molar-refractivity contribution in [2.45, 2.75) is 32.1 Å². The third kappa shape index (κ3) is 3.46. The second-order valence-electron chi connectivity index (χ2n) is 6.63. The van der Waals surface area contributed by atoms with E-state index in [4.69, 9.17) is 0 Å². The zero-order valence-corrected chi connectivity index (χ0v) is 13.0. The van der Waals surface area contributed by atoms with E-state index in [1.807, 2.05) is 7.05 Å². The summed E-state index contributed by atoms with van der Waals surface area (Å²) in [5.41, 5.74) is 2.94. The number of hydrogen-bond donors (Lipinski definition) is 1. The molecule has 1 aromatic carbocycles. The quantitative estimate of drug-likeness (QED) is 0.921. The first-order valence-electron chi connectivity index (χ1n) is 8.25. The molecule has 3 heteroatoms. The monoisotopic (exact) mass is 286 g/mol. The summed E-state index contributed by atoms with van der Waals surface area (Å²) in [5.74, 6) is 1.56. The van der Waals surface area contributed by atoms with Crippen LogP contribution < -0.4 is 5.32 Å². The van der Waals surface area contributed by atoms with E-state index in [1.54, 1.807) is 0 Å². The van der Waals surface area contributed by atoms with Crippen molar-refractivity contribution < 1.29 is 4.79 Å². The molecule has 1 aromatic rings. The molecular weight excluding hydrogens is 260 g/mol. The molecule has 3 nitrogen and oxygen atoms in total. The van der Waals surface area contributed by atoms with Gasteiger partial charge in [-0.15, -0.1) is 0 Å². The van der Waals surface area contributed by atoms with Crippen LogP contribution in [0.4, 0.5) is 0 Å². The minimum absolute atomic E-state index is 0.373. The highest BCUT2D eigenvalue weighted by Crippen LogP contribution is 2.28. The summed E-state index contributed by atoms with van der Waals surface area (Å²) in [5, 5.41) is 3.22. The van der Waals surface area contributed by atoms with E-state index in [-0.39, 0.29) is 0 Å². The first-order chi connectivity index (χ1) is 10.3. The maximum Gasteiger partial charge on any atom is 0.222 e. The number of amides is 1. The maximum atomic E-state index is 12.5. The van der Waals surface area contributed by atoms with Crippen molar-refractivity contribution in [2.24, 2.45) is 11.8 Å². The predicted molar refractivity (Wildman–Crippen MR) is 85.2 cm³/mol. The lowest BCUT2D eigenvalue weighted by atomic mass is 9.82. The summed E-state index contributed by atoms with van der Waals surface area (Å²) in [7, 11) is 1.99. The molecule has 0 saturated carbocycles. The second kappa shape index (κ2) is 6.61. The molecule has 1 fully saturated rings. The van der Waals surface area contributed by atoms with Crippen molar-refractivity contribution in [3.05, 3.63) is 35.4 Å². The molecule has 2 atom stereocenters. The minimum Gasteiger partial charge on any atom is -0.342 e. The third-order valence-electron chi connectivity index (χ3n) is 5.04. The van der Waals surface area contributed by atoms with Crippen molar-refractivity contribution >= 4 is 5.91 Å². The van der Waals surface area contributed by atoms with Crippen LogP contribution in [0.15, 0.2) is 24.3 Å². The van der Waals surface area contributed by atoms with Crippen LogP contribution in [-0.4, -0.2) is 37.5 Å². The van der Waals surface area contributed by atoms with Crippen LogP contribution in [0.1, 0.15) is 30.4 Å². The zero-order chi connectivity index (χ0) is 14.7. The first kappa shape index (κ1) is 14.6. The smallest absolute Gasteiger partial charge is 0.222 e. The lowest BCUT2D eigenvalue weighted by molar-refractivity contribution is -0.131. The fourth-order valence-corrected chi connectivity index (χ4v) is 3.84. The Labute approximate surface area is 127 Å². The molecule has 0 bridgehead atoms. The van der Waals surface area contributed by atoms with Crippen LogP contribution in [0.5, 0.6) is 0 Å². The Morgan fingerprint density at radius 2 is 2.05 bits per heavy atom. The fraction of sp³-hybridized carbons (Fsp3) is 0.611. The van der Waals surface area contributed by atoms with Gasteiger partial charge in [-0.2, -0.15) is 0 Å². The average Bonchev–Trinajstić information content (AvgIpc) is 2.96. The van der Waals surface area contributed by atoms with Gasteiger partial charge in [-0.05, 0) is 62.2 Å². The van der Waals surface area contributed by atoms with Gasteiger partial charge in [-0.3, -0.25) is 4.79 Å². The van der Waals surface area contributed by atoms with Crippen LogP contribution in [-0.2, 0) is 17.6 Å². The van der Waals surface area contributed by atoms with E-state index in [1.165, 1.54) is 11.1 Å². The third-order valence-corrected chi connectivity index (χ3v) is 5.04. The molecule has 0 aromatic heterocycles. The largest absolute Gasteiger partial charge is 0.342 e. The topological polar surface area (TPSA) is 32.3 Å². The van der Waals surface area contributed by atoms with Crippen LogP contribution in [0.2, 0.25) is 0 Å². The van der Waals surface area contributed by atoms with Gasteiger partial charge >= 0.3 is 0 Å². The van der Waals surface area contributed by atoms with E-state index in [0.717, 1.165) is 51.7 Å². The summed E-state index contributed by atoms with van der Waals surface area (Å²) in [6, 6.07) is 8.70. The molecule has 2 aliphatic rings. The van der Waals surface area contributed by atoms with Crippen LogP contribution in [0, 0.1) is 11.8 Å². The molecule has 2 unspecified atom stereocenters. The molecule has 1 amide bonds. The van der Waals surface area contributed by atoms with Gasteiger partial charge < -0.3 is 10.2 Å². The number of rotatable bonds is 4. The number of nitrogens with zero attached hydrogens (tertiary/aromatic N) is 1. The normalized spacial score (nSPS) is 24.9. The van der Waals surface area contributed by atoms with Gasteiger partial charge in [0.05, 0.1) is 0 Å². The number of carbonyl (C=O) groups excluding carboxylic acids is 1. The van der Waals surface area contributed by atoms with Crippen molar-refractivity contribution in [2.75, 3.05) is 26.7 Å². The second-order valence-corrected chi connectivity index (χ2v) is 6.63. The molecule has 1 aliphatic carbocycles. The van der Waals surface area contributed by atoms with E-state index in [9.17, 15) is 4.79 Å². The molecule has 21 heavy (non-hydrogen) atoms. The number of fused-ring (bicyclic) bond motifs is 1. The number of benzene rings is 1. The van der Waals surface area contributed by atoms with E-state index in [0.29, 0.717) is 17.7 Å². The van der Waals surface area contributed by atoms with Gasteiger partial charge in [0, 0.05) is 19.5 Å². The molecule has 3 rings (SSSR count). The molecule has 0 radical (unpaired) electrons. The molecule has 1 N–H and O–H groups in total. The summed E-state index contributed by atoms with van der Waals surface area (Å²) >= 11 is 0. The summed E-state index contributed by atoms with van der Waals surface area (Å²) < 4.78 is 0. The molecule has 1 saturated heterocycles. The lowest BCUT2D eigenvalue weighted by Gasteiger charge is -2.26. The Bertz CT molecular complexity index is 500. The predicted octanol–water partition coefficient (Wildman–Crippen LogP) is 2.25. The Morgan fingerprint density at radius 1 is 1.24 bits per heavy atom. The zero-order valence-electron chi connectivity index (χ0n) is 13.0. The number of likely N-dealkylation sites (tertiary alicyclic amines) is 1. The Balaban J connectivity index is 1.52. The SMILES string of the molecule is CNCC1CCN(C(=O)CC2CCc3ccccc3C2)C1. The van der Waals surface area contributed by atoms with Crippen molar-refractivity contribution in [1.82, 2.24) is 10.2 Å². The van der Waals surface area contributed by atoms with Gasteiger partial charge in [-0.1, -0.05) is 24.3 Å². The van der Waals surface area contributed by atoms with Gasteiger partial charge in [0.2, 0.25) is 5.91 Å². The highest BCUT2D eigenvalue weighted by atomic mass is 16.2. The van der Waals surface area contributed by atoms with Crippen molar-refractivity contribution in [3.8, 4) is 0 Å². The molecular formula is C18H26N2O. The lowest BCUT2D eigenvalue weighted by Crippen LogP contribution is -2.32. The molecule has 114 valence electrons. The number of aryl methyl sites for hydroxylation is 1. The Kier molecular flexibility index (Phi) is 4.59.